The summed E-state index contributed by atoms with van der Waals surface area (Å²) in [5.41, 5.74) is 8.30. The molecule has 1 aliphatic carbocycles. The smallest absolute Gasteiger partial charge is 0.343 e. The van der Waals surface area contributed by atoms with Crippen molar-refractivity contribution in [1.29, 1.82) is 0 Å². The molecule has 3 aliphatic rings. The van der Waals surface area contributed by atoms with Crippen molar-refractivity contribution in [1.82, 2.24) is 5.32 Å². The third-order valence-electron chi connectivity index (χ3n) is 6.16. The topological polar surface area (TPSA) is 84.4 Å². The summed E-state index contributed by atoms with van der Waals surface area (Å²) in [6.45, 7) is 2.22. The second-order valence-electron chi connectivity index (χ2n) is 8.15. The van der Waals surface area contributed by atoms with Crippen molar-refractivity contribution in [3.8, 4) is 0 Å². The van der Waals surface area contributed by atoms with E-state index in [1.807, 2.05) is 30.3 Å². The maximum atomic E-state index is 12.6. The number of nitrogens with zero attached hydrogens (tertiary/aromatic N) is 1. The Bertz CT molecular complexity index is 1110. The van der Waals surface area contributed by atoms with Crippen LogP contribution in [0.15, 0.2) is 59.5 Å². The highest BCUT2D eigenvalue weighted by Gasteiger charge is 2.46. The second-order valence-corrected chi connectivity index (χ2v) is 9.13. The van der Waals surface area contributed by atoms with Gasteiger partial charge in [0.2, 0.25) is 11.6 Å². The van der Waals surface area contributed by atoms with Crippen LogP contribution in [0.1, 0.15) is 34.3 Å². The number of guanidine groups is 1. The number of nitrogens with one attached hydrogen (secondary N) is 1. The molecule has 0 bridgehead atoms. The van der Waals surface area contributed by atoms with E-state index in [2.05, 4.69) is 22.0 Å². The van der Waals surface area contributed by atoms with Crippen molar-refractivity contribution in [3.63, 3.8) is 0 Å². The molecule has 0 aromatic heterocycles. The first kappa shape index (κ1) is 19.9. The summed E-state index contributed by atoms with van der Waals surface area (Å²) in [5, 5.41) is 3.31. The Morgan fingerprint density at radius 2 is 1.68 bits per heavy atom. The van der Waals surface area contributed by atoms with E-state index in [1.54, 1.807) is 12.1 Å². The fourth-order valence-corrected chi connectivity index (χ4v) is 5.58. The van der Waals surface area contributed by atoms with E-state index in [-0.39, 0.29) is 5.60 Å². The maximum absolute atomic E-state index is 12.6. The van der Waals surface area contributed by atoms with Crippen LogP contribution >= 0.6 is 11.8 Å². The molecule has 1 fully saturated rings. The van der Waals surface area contributed by atoms with E-state index in [0.29, 0.717) is 34.5 Å². The zero-order valence-electron chi connectivity index (χ0n) is 17.1. The van der Waals surface area contributed by atoms with Gasteiger partial charge in [0.15, 0.2) is 0 Å². The average Bonchev–Trinajstić information content (AvgIpc) is 2.82. The van der Waals surface area contributed by atoms with Crippen LogP contribution in [-0.2, 0) is 16.1 Å². The van der Waals surface area contributed by atoms with Crippen LogP contribution in [0.4, 0.5) is 0 Å². The van der Waals surface area contributed by atoms with Gasteiger partial charge in [-0.15, -0.1) is 11.8 Å². The minimum absolute atomic E-state index is 0.354. The monoisotopic (exact) mass is 434 g/mol. The largest absolute Gasteiger partial charge is 0.484 e. The maximum Gasteiger partial charge on any atom is 0.343 e. The molecule has 0 radical (unpaired) electrons. The predicted molar refractivity (Wildman–Crippen MR) is 121 cm³/mol. The van der Waals surface area contributed by atoms with Crippen molar-refractivity contribution in [2.45, 2.75) is 25.0 Å². The molecule has 2 aromatic rings. The van der Waals surface area contributed by atoms with Crippen molar-refractivity contribution >= 4 is 35.0 Å². The highest BCUT2D eigenvalue weighted by atomic mass is 32.2. The molecular formula is C24H24N3O3S+. The standard InChI is InChI=1S/C24H23N3O3S/c25-23(26-14-16-6-2-1-3-7-16)27-12-10-24(11-13-27)15-31-22-20(29)19(28)17-8-4-5-9-18(17)21(22)30-24/h1-9H,10-15H2,(H2,25,26)/p+1. The average molecular weight is 435 g/mol. The lowest BCUT2D eigenvalue weighted by Gasteiger charge is -2.42. The SMILES string of the molecule is NC(NCc1ccccc1)=[N+]1CCC2(CC1)CSC1=C(O2)c2ccccc2C(=O)C1=O. The van der Waals surface area contributed by atoms with E-state index in [9.17, 15) is 9.59 Å². The zero-order chi connectivity index (χ0) is 21.4. The van der Waals surface area contributed by atoms with E-state index >= 15 is 0 Å². The number of benzene rings is 2. The van der Waals surface area contributed by atoms with Crippen LogP contribution in [0.3, 0.4) is 0 Å². The van der Waals surface area contributed by atoms with Gasteiger partial charge < -0.3 is 4.74 Å². The Hall–Kier alpha value is -3.06. The summed E-state index contributed by atoms with van der Waals surface area (Å²) < 4.78 is 8.66. The number of hydrogen-bond acceptors (Lipinski definition) is 4. The molecule has 158 valence electrons. The molecule has 31 heavy (non-hydrogen) atoms. The van der Waals surface area contributed by atoms with Crippen molar-refractivity contribution < 1.29 is 18.9 Å². The Labute approximate surface area is 185 Å². The summed E-state index contributed by atoms with van der Waals surface area (Å²) in [6, 6.07) is 17.4. The zero-order valence-corrected chi connectivity index (χ0v) is 17.9. The number of piperidine rings is 1. The lowest BCUT2D eigenvalue weighted by molar-refractivity contribution is -0.548. The third-order valence-corrected chi connectivity index (χ3v) is 7.49. The number of carbonyl (C=O) groups is 2. The van der Waals surface area contributed by atoms with Gasteiger partial charge in [-0.3, -0.25) is 25.2 Å². The van der Waals surface area contributed by atoms with Crippen molar-refractivity contribution in [2.75, 3.05) is 18.8 Å². The Morgan fingerprint density at radius 1 is 1.00 bits per heavy atom. The molecule has 0 amide bonds. The molecule has 0 saturated carbocycles. The van der Waals surface area contributed by atoms with E-state index < -0.39 is 11.6 Å². The van der Waals surface area contributed by atoms with Crippen LogP contribution in [0.5, 0.6) is 0 Å². The molecule has 7 heteroatoms. The predicted octanol–water partition coefficient (Wildman–Crippen LogP) is 2.53. The third kappa shape index (κ3) is 3.63. The molecule has 2 aromatic carbocycles. The van der Waals surface area contributed by atoms with E-state index in [1.165, 1.54) is 17.3 Å². The molecule has 1 spiro atoms. The summed E-state index contributed by atoms with van der Waals surface area (Å²) in [4.78, 5) is 25.5. The highest BCUT2D eigenvalue weighted by Crippen LogP contribution is 2.46. The minimum Gasteiger partial charge on any atom is -0.484 e. The van der Waals surface area contributed by atoms with Gasteiger partial charge in [-0.25, -0.2) is 0 Å². The number of allylic oxidation sites excluding steroid dienone is 1. The molecule has 6 nitrogen and oxygen atoms in total. The van der Waals surface area contributed by atoms with Crippen molar-refractivity contribution in [2.24, 2.45) is 5.73 Å². The Kier molecular flexibility index (Phi) is 5.06. The molecular weight excluding hydrogens is 410 g/mol. The number of ether oxygens (including phenoxy) is 1. The van der Waals surface area contributed by atoms with Gasteiger partial charge in [0, 0.05) is 29.7 Å². The molecule has 0 atom stereocenters. The van der Waals surface area contributed by atoms with Gasteiger partial charge in [-0.2, -0.15) is 0 Å². The highest BCUT2D eigenvalue weighted by molar-refractivity contribution is 8.04. The van der Waals surface area contributed by atoms with Crippen LogP contribution in [0, 0.1) is 0 Å². The normalized spacial score (nSPS) is 22.6. The van der Waals surface area contributed by atoms with E-state index in [0.717, 1.165) is 31.5 Å². The first-order valence-electron chi connectivity index (χ1n) is 10.5. The number of fused-ring (bicyclic) bond motifs is 2. The first-order valence-corrected chi connectivity index (χ1v) is 11.4. The van der Waals surface area contributed by atoms with Crippen LogP contribution in [-0.4, -0.2) is 46.5 Å². The van der Waals surface area contributed by atoms with Crippen molar-refractivity contribution in [3.05, 3.63) is 76.2 Å². The van der Waals surface area contributed by atoms with Gasteiger partial charge >= 0.3 is 5.96 Å². The lowest BCUT2D eigenvalue weighted by atomic mass is 9.90. The number of nitrogens with two attached hydrogens (primary N) is 1. The Balaban J connectivity index is 1.31. The van der Waals surface area contributed by atoms with Crippen LogP contribution in [0.2, 0.25) is 0 Å². The summed E-state index contributed by atoms with van der Waals surface area (Å²) in [5.74, 6) is 1.02. The quantitative estimate of drug-likeness (QED) is 0.429. The molecule has 5 rings (SSSR count). The minimum atomic E-state index is -0.450. The van der Waals surface area contributed by atoms with Gasteiger partial charge in [-0.1, -0.05) is 54.6 Å². The molecule has 3 N–H and O–H groups in total. The summed E-state index contributed by atoms with van der Waals surface area (Å²) >= 11 is 1.46. The number of thioether (sulfide) groups is 1. The van der Waals surface area contributed by atoms with Crippen LogP contribution in [0.25, 0.3) is 5.76 Å². The molecule has 0 unspecified atom stereocenters. The summed E-state index contributed by atoms with van der Waals surface area (Å²) in [7, 11) is 0. The number of Topliss-reactive ketones (excluding diaryl/α,β-unsaturated/α-hetero) is 2. The summed E-state index contributed by atoms with van der Waals surface area (Å²) in [6.07, 6.45) is 1.60. The van der Waals surface area contributed by atoms with E-state index in [4.69, 9.17) is 10.5 Å². The molecule has 1 saturated heterocycles. The van der Waals surface area contributed by atoms with Gasteiger partial charge in [0.25, 0.3) is 0 Å². The first-order chi connectivity index (χ1) is 15.1. The molecule has 2 heterocycles. The molecule has 2 aliphatic heterocycles. The lowest BCUT2D eigenvalue weighted by Crippen LogP contribution is -2.51. The van der Waals surface area contributed by atoms with Gasteiger partial charge in [-0.05, 0) is 5.56 Å². The number of hydrogen-bond donors (Lipinski definition) is 2. The fourth-order valence-electron chi connectivity index (χ4n) is 4.31. The second kappa shape index (κ2) is 7.89. The Morgan fingerprint density at radius 3 is 2.42 bits per heavy atom. The number of ketones is 2. The number of rotatable bonds is 2. The van der Waals surface area contributed by atoms with Gasteiger partial charge in [0.1, 0.15) is 16.3 Å². The number of carbonyl (C=O) groups excluding carboxylic acids is 2. The van der Waals surface area contributed by atoms with Gasteiger partial charge in [0.05, 0.1) is 19.6 Å². The van der Waals surface area contributed by atoms with Crippen LogP contribution < -0.4 is 11.1 Å². The fraction of sp³-hybridized carbons (Fsp3) is 0.292.